The van der Waals surface area contributed by atoms with Gasteiger partial charge >= 0.3 is 19.8 Å². The van der Waals surface area contributed by atoms with Gasteiger partial charge in [0.05, 0.1) is 27.7 Å². The molecule has 0 aromatic carbocycles. The summed E-state index contributed by atoms with van der Waals surface area (Å²) in [5, 5.41) is 0. The molecule has 0 aliphatic rings. The van der Waals surface area contributed by atoms with Crippen molar-refractivity contribution in [3.8, 4) is 0 Å². The van der Waals surface area contributed by atoms with E-state index in [4.69, 9.17) is 18.5 Å². The Morgan fingerprint density at radius 1 is 0.381 bits per heavy atom. The first kappa shape index (κ1) is 81.5. The third-order valence-electron chi connectivity index (χ3n) is 15.7. The van der Waals surface area contributed by atoms with Crippen molar-refractivity contribution in [3.05, 3.63) is 72.9 Å². The van der Waals surface area contributed by atoms with Crippen LogP contribution in [0.15, 0.2) is 72.9 Å². The van der Waals surface area contributed by atoms with E-state index < -0.39 is 26.5 Å². The summed E-state index contributed by atoms with van der Waals surface area (Å²) in [7, 11) is 1.49. The van der Waals surface area contributed by atoms with Crippen LogP contribution in [0.1, 0.15) is 335 Å². The molecule has 0 heterocycles. The van der Waals surface area contributed by atoms with E-state index in [0.29, 0.717) is 17.4 Å². The maximum atomic E-state index is 12.9. The first-order valence-electron chi connectivity index (χ1n) is 35.7. The molecule has 0 aromatic rings. The molecule has 0 aromatic heterocycles. The Hall–Kier alpha value is -2.55. The molecule has 0 fully saturated rings. The number of carbonyl (C=O) groups is 2. The summed E-state index contributed by atoms with van der Waals surface area (Å²) in [6.07, 6.45) is 87.4. The quantitative estimate of drug-likeness (QED) is 0.0211. The standard InChI is InChI=1S/C74H136NO8P/c1-6-8-10-12-14-16-18-20-22-24-26-27-28-29-30-31-32-33-34-35-36-37-38-39-40-41-42-43-44-45-46-47-49-51-53-55-57-59-61-63-65-67-74(77)83-72(71-82-84(78,79)81-69-68-75(3,4)5)70-80-73(76)66-64-62-60-58-56-54-52-50-48-25-23-21-19-17-15-13-11-9-7-2/h8,10,14-17,20-23,26-27,72H,6-7,9,11-13,18-19,24-25,28-71H2,1-5H3/p+1/b10-8-,16-14-,17-15-,22-20-,23-21-,27-26-. The van der Waals surface area contributed by atoms with Gasteiger partial charge in [-0.3, -0.25) is 18.6 Å². The minimum atomic E-state index is -4.39. The molecular formula is C74H137NO8P+. The van der Waals surface area contributed by atoms with Gasteiger partial charge in [0.2, 0.25) is 0 Å². The van der Waals surface area contributed by atoms with Gasteiger partial charge in [-0.2, -0.15) is 0 Å². The van der Waals surface area contributed by atoms with Gasteiger partial charge < -0.3 is 18.9 Å². The van der Waals surface area contributed by atoms with Crippen LogP contribution < -0.4 is 0 Å². The highest BCUT2D eigenvalue weighted by atomic mass is 31.2. The third-order valence-corrected chi connectivity index (χ3v) is 16.7. The van der Waals surface area contributed by atoms with Crippen molar-refractivity contribution < 1.29 is 42.1 Å². The number of carbonyl (C=O) groups excluding carboxylic acids is 2. The zero-order chi connectivity index (χ0) is 61.2. The van der Waals surface area contributed by atoms with Crippen LogP contribution in [-0.4, -0.2) is 74.9 Å². The lowest BCUT2D eigenvalue weighted by Crippen LogP contribution is -2.37. The summed E-state index contributed by atoms with van der Waals surface area (Å²) < 4.78 is 34.7. The Kier molecular flexibility index (Phi) is 62.9. The Bertz CT molecular complexity index is 1650. The monoisotopic (exact) mass is 1200 g/mol. The van der Waals surface area contributed by atoms with Gasteiger partial charge in [0, 0.05) is 12.8 Å². The number of phosphoric acid groups is 1. The van der Waals surface area contributed by atoms with E-state index in [0.717, 1.165) is 64.2 Å². The molecule has 1 N–H and O–H groups in total. The molecular weight excluding hydrogens is 1060 g/mol. The average Bonchev–Trinajstić information content (AvgIpc) is 3.61. The maximum Gasteiger partial charge on any atom is 0.472 e. The molecule has 490 valence electrons. The molecule has 0 saturated heterocycles. The first-order valence-corrected chi connectivity index (χ1v) is 37.2. The molecule has 0 radical (unpaired) electrons. The normalized spacial score (nSPS) is 13.5. The van der Waals surface area contributed by atoms with Crippen LogP contribution in [0, 0.1) is 0 Å². The smallest absolute Gasteiger partial charge is 0.462 e. The van der Waals surface area contributed by atoms with Gasteiger partial charge in [-0.25, -0.2) is 4.57 Å². The highest BCUT2D eigenvalue weighted by Crippen LogP contribution is 2.43. The van der Waals surface area contributed by atoms with Crippen LogP contribution in [0.25, 0.3) is 0 Å². The summed E-state index contributed by atoms with van der Waals surface area (Å²) in [5.41, 5.74) is 0. The second kappa shape index (κ2) is 64.9. The Morgan fingerprint density at radius 3 is 1.01 bits per heavy atom. The van der Waals surface area contributed by atoms with Gasteiger partial charge in [-0.05, 0) is 83.5 Å². The lowest BCUT2D eigenvalue weighted by Gasteiger charge is -2.24. The van der Waals surface area contributed by atoms with E-state index in [1.54, 1.807) is 0 Å². The van der Waals surface area contributed by atoms with Crippen LogP contribution in [0.4, 0.5) is 0 Å². The Balaban J connectivity index is 3.89. The second-order valence-corrected chi connectivity index (χ2v) is 26.7. The van der Waals surface area contributed by atoms with E-state index in [9.17, 15) is 19.0 Å². The molecule has 2 atom stereocenters. The molecule has 0 saturated carbocycles. The summed E-state index contributed by atoms with van der Waals surface area (Å²) in [6.45, 7) is 4.33. The van der Waals surface area contributed by atoms with E-state index in [-0.39, 0.29) is 32.0 Å². The molecule has 0 aliphatic heterocycles. The number of hydrogen-bond donors (Lipinski definition) is 1. The molecule has 10 heteroatoms. The minimum Gasteiger partial charge on any atom is -0.462 e. The molecule has 84 heavy (non-hydrogen) atoms. The van der Waals surface area contributed by atoms with Crippen molar-refractivity contribution in [2.75, 3.05) is 47.5 Å². The summed E-state index contributed by atoms with van der Waals surface area (Å²) in [5.74, 6) is -0.788. The topological polar surface area (TPSA) is 108 Å². The highest BCUT2D eigenvalue weighted by molar-refractivity contribution is 7.47. The van der Waals surface area contributed by atoms with E-state index in [2.05, 4.69) is 86.8 Å². The fourth-order valence-electron chi connectivity index (χ4n) is 10.3. The first-order chi connectivity index (χ1) is 41.0. The fourth-order valence-corrected chi connectivity index (χ4v) is 11.0. The summed E-state index contributed by atoms with van der Waals surface area (Å²) in [4.78, 5) is 35.8. The number of esters is 2. The molecule has 0 rings (SSSR count). The van der Waals surface area contributed by atoms with Crippen molar-refractivity contribution >= 4 is 19.8 Å². The highest BCUT2D eigenvalue weighted by Gasteiger charge is 2.27. The average molecular weight is 1200 g/mol. The molecule has 0 bridgehead atoms. The van der Waals surface area contributed by atoms with Gasteiger partial charge in [-0.1, -0.05) is 311 Å². The largest absolute Gasteiger partial charge is 0.472 e. The number of rotatable bonds is 66. The molecule has 9 nitrogen and oxygen atoms in total. The van der Waals surface area contributed by atoms with Crippen LogP contribution in [0.2, 0.25) is 0 Å². The van der Waals surface area contributed by atoms with Crippen LogP contribution >= 0.6 is 7.82 Å². The number of likely N-dealkylation sites (N-methyl/N-ethyl adjacent to an activating group) is 1. The lowest BCUT2D eigenvalue weighted by atomic mass is 10.0. The van der Waals surface area contributed by atoms with Gasteiger partial charge in [-0.15, -0.1) is 0 Å². The molecule has 0 aliphatic carbocycles. The van der Waals surface area contributed by atoms with Gasteiger partial charge in [0.25, 0.3) is 0 Å². The minimum absolute atomic E-state index is 0.0317. The van der Waals surface area contributed by atoms with Crippen LogP contribution in [0.3, 0.4) is 0 Å². The zero-order valence-electron chi connectivity index (χ0n) is 55.9. The predicted octanol–water partition coefficient (Wildman–Crippen LogP) is 23.2. The van der Waals surface area contributed by atoms with Crippen molar-refractivity contribution in [3.63, 3.8) is 0 Å². The fraction of sp³-hybridized carbons (Fsp3) is 0.811. The van der Waals surface area contributed by atoms with Crippen molar-refractivity contribution in [2.45, 2.75) is 341 Å². The van der Waals surface area contributed by atoms with E-state index in [1.807, 2.05) is 21.1 Å². The van der Waals surface area contributed by atoms with Crippen LogP contribution in [-0.2, 0) is 32.7 Å². The van der Waals surface area contributed by atoms with Crippen LogP contribution in [0.5, 0.6) is 0 Å². The Labute approximate surface area is 520 Å². The molecule has 0 amide bonds. The number of hydrogen-bond acceptors (Lipinski definition) is 7. The van der Waals surface area contributed by atoms with E-state index in [1.165, 1.54) is 238 Å². The number of phosphoric ester groups is 1. The van der Waals surface area contributed by atoms with Crippen molar-refractivity contribution in [2.24, 2.45) is 0 Å². The Morgan fingerprint density at radius 2 is 0.679 bits per heavy atom. The van der Waals surface area contributed by atoms with Gasteiger partial charge in [0.15, 0.2) is 6.10 Å². The third kappa shape index (κ3) is 68.6. The number of nitrogens with zero attached hydrogens (tertiary/aromatic N) is 1. The lowest BCUT2D eigenvalue weighted by molar-refractivity contribution is -0.870. The van der Waals surface area contributed by atoms with Gasteiger partial charge in [0.1, 0.15) is 19.8 Å². The second-order valence-electron chi connectivity index (χ2n) is 25.2. The molecule has 2 unspecified atom stereocenters. The number of ether oxygens (including phenoxy) is 2. The van der Waals surface area contributed by atoms with Crippen molar-refractivity contribution in [1.82, 2.24) is 0 Å². The van der Waals surface area contributed by atoms with Crippen molar-refractivity contribution in [1.29, 1.82) is 0 Å². The number of unbranched alkanes of at least 4 members (excludes halogenated alkanes) is 40. The summed E-state index contributed by atoms with van der Waals surface area (Å²) >= 11 is 0. The summed E-state index contributed by atoms with van der Waals surface area (Å²) in [6, 6.07) is 0. The zero-order valence-corrected chi connectivity index (χ0v) is 56.8. The maximum absolute atomic E-state index is 12.9. The predicted molar refractivity (Wildman–Crippen MR) is 363 cm³/mol. The number of quaternary nitrogens is 1. The van der Waals surface area contributed by atoms with E-state index >= 15 is 0 Å². The number of allylic oxidation sites excluding steroid dienone is 12. The molecule has 0 spiro atoms. The SMILES string of the molecule is CC/C=C\C/C=C\C/C=C\C/C=C\CCCCCCCCCCCCCCCCCCCCCCCCCCCCCCC(=O)OC(COC(=O)CCCCCCCCCCC/C=C\C/C=C\CCCCC)COP(=O)(O)OCC[N+](C)(C)C.